The van der Waals surface area contributed by atoms with E-state index in [4.69, 9.17) is 9.47 Å². The maximum atomic E-state index is 11.8. The molecule has 1 aliphatic rings. The molecule has 6 nitrogen and oxygen atoms in total. The Labute approximate surface area is 278 Å². The van der Waals surface area contributed by atoms with Crippen molar-refractivity contribution in [3.8, 4) is 0 Å². The van der Waals surface area contributed by atoms with E-state index in [2.05, 4.69) is 13.8 Å². The molecule has 0 unspecified atom stereocenters. The first-order valence-electron chi connectivity index (χ1n) is 19.8. The van der Waals surface area contributed by atoms with Gasteiger partial charge in [-0.15, -0.1) is 0 Å². The Balaban J connectivity index is 2.21. The van der Waals surface area contributed by atoms with Crippen LogP contribution in [0.25, 0.3) is 0 Å². The van der Waals surface area contributed by atoms with E-state index in [1.54, 1.807) is 0 Å². The largest absolute Gasteiger partial charge is 0.479 e. The Morgan fingerprint density at radius 2 is 0.600 bits per heavy atom. The van der Waals surface area contributed by atoms with Crippen LogP contribution in [0.4, 0.5) is 0 Å². The standard InChI is InChI=1S/C39H74O6/c1-3-5-7-9-11-13-15-17-19-21-23-25-27-29-31-33-39(44-35(37(40)41)36(45-39)38(42)43)34-32-30-28-26-24-22-20-18-16-14-12-10-8-6-4-2/h35-36H,3-34H2,1-2H3,(H,40,41)(H,42,43)/t35-,36-/m1/s1. The van der Waals surface area contributed by atoms with E-state index in [9.17, 15) is 19.8 Å². The molecule has 0 aromatic heterocycles. The maximum absolute atomic E-state index is 11.8. The Morgan fingerprint density at radius 1 is 0.400 bits per heavy atom. The van der Waals surface area contributed by atoms with Gasteiger partial charge in [-0.3, -0.25) is 0 Å². The van der Waals surface area contributed by atoms with Gasteiger partial charge in [0.05, 0.1) is 0 Å². The monoisotopic (exact) mass is 639 g/mol. The topological polar surface area (TPSA) is 93.1 Å². The Morgan fingerprint density at radius 3 is 0.800 bits per heavy atom. The molecule has 45 heavy (non-hydrogen) atoms. The van der Waals surface area contributed by atoms with Crippen LogP contribution in [0.15, 0.2) is 0 Å². The van der Waals surface area contributed by atoms with Crippen LogP contribution in [-0.4, -0.2) is 40.1 Å². The number of rotatable bonds is 34. The lowest BCUT2D eigenvalue weighted by Gasteiger charge is -2.28. The predicted octanol–water partition coefficient (Wildman–Crippen LogP) is 12.2. The fourth-order valence-corrected chi connectivity index (χ4v) is 6.87. The first-order valence-corrected chi connectivity index (χ1v) is 19.8. The summed E-state index contributed by atoms with van der Waals surface area (Å²) < 4.78 is 11.8. The number of hydrogen-bond donors (Lipinski definition) is 2. The quantitative estimate of drug-likeness (QED) is 0.0681. The highest BCUT2D eigenvalue weighted by Crippen LogP contribution is 2.38. The van der Waals surface area contributed by atoms with Crippen LogP contribution in [0.3, 0.4) is 0 Å². The van der Waals surface area contributed by atoms with Gasteiger partial charge >= 0.3 is 11.9 Å². The molecule has 0 saturated carbocycles. The molecule has 0 spiro atoms. The molecule has 0 radical (unpaired) electrons. The molecule has 2 atom stereocenters. The molecule has 266 valence electrons. The van der Waals surface area contributed by atoms with E-state index in [1.807, 2.05) is 0 Å². The van der Waals surface area contributed by atoms with E-state index >= 15 is 0 Å². The summed E-state index contributed by atoms with van der Waals surface area (Å²) in [5, 5.41) is 19.2. The van der Waals surface area contributed by atoms with E-state index < -0.39 is 29.9 Å². The summed E-state index contributed by atoms with van der Waals surface area (Å²) in [7, 11) is 0. The number of hydrogen-bond acceptors (Lipinski definition) is 4. The smallest absolute Gasteiger partial charge is 0.336 e. The van der Waals surface area contributed by atoms with Gasteiger partial charge in [0.25, 0.3) is 0 Å². The number of carboxylic acid groups (broad SMARTS) is 2. The molecule has 1 rings (SSSR count). The molecule has 6 heteroatoms. The predicted molar refractivity (Wildman–Crippen MR) is 187 cm³/mol. The van der Waals surface area contributed by atoms with Gasteiger partial charge in [0, 0.05) is 12.8 Å². The SMILES string of the molecule is CCCCCCCCCCCCCCCCCC1(CCCCCCCCCCCCCCCCC)O[C@@H](C(=O)O)[C@H](C(=O)O)O1. The fraction of sp³-hybridized carbons (Fsp3) is 0.949. The van der Waals surface area contributed by atoms with Crippen LogP contribution in [0.2, 0.25) is 0 Å². The van der Waals surface area contributed by atoms with Gasteiger partial charge in [0.15, 0.2) is 18.0 Å². The molecule has 2 N–H and O–H groups in total. The van der Waals surface area contributed by atoms with Gasteiger partial charge in [-0.1, -0.05) is 194 Å². The Bertz CT molecular complexity index is 637. The molecule has 1 heterocycles. The lowest BCUT2D eigenvalue weighted by atomic mass is 9.98. The van der Waals surface area contributed by atoms with Crippen LogP contribution in [0.5, 0.6) is 0 Å². The molecule has 1 aliphatic heterocycles. The first-order chi connectivity index (χ1) is 22.0. The molecular formula is C39H74O6. The van der Waals surface area contributed by atoms with Crippen molar-refractivity contribution in [2.45, 2.75) is 237 Å². The van der Waals surface area contributed by atoms with Crippen molar-refractivity contribution < 1.29 is 29.3 Å². The van der Waals surface area contributed by atoms with Gasteiger partial charge in [-0.2, -0.15) is 0 Å². The van der Waals surface area contributed by atoms with E-state index in [-0.39, 0.29) is 0 Å². The summed E-state index contributed by atoms with van der Waals surface area (Å²) in [5.74, 6) is -3.59. The molecule has 1 fully saturated rings. The summed E-state index contributed by atoms with van der Waals surface area (Å²) in [6.07, 6.45) is 36.7. The molecule has 1 saturated heterocycles. The number of carbonyl (C=O) groups is 2. The van der Waals surface area contributed by atoms with Crippen LogP contribution < -0.4 is 0 Å². The van der Waals surface area contributed by atoms with Crippen LogP contribution >= 0.6 is 0 Å². The Kier molecular flexibility index (Phi) is 27.0. The van der Waals surface area contributed by atoms with Gasteiger partial charge in [-0.05, 0) is 12.8 Å². The van der Waals surface area contributed by atoms with Crippen LogP contribution in [0.1, 0.15) is 219 Å². The minimum atomic E-state index is -1.44. The zero-order chi connectivity index (χ0) is 32.9. The summed E-state index contributed by atoms with van der Waals surface area (Å²) in [4.78, 5) is 23.5. The zero-order valence-electron chi connectivity index (χ0n) is 29.8. The van der Waals surface area contributed by atoms with Crippen molar-refractivity contribution in [2.24, 2.45) is 0 Å². The van der Waals surface area contributed by atoms with Crippen LogP contribution in [-0.2, 0) is 19.1 Å². The van der Waals surface area contributed by atoms with Crippen molar-refractivity contribution in [3.63, 3.8) is 0 Å². The summed E-state index contributed by atoms with van der Waals surface area (Å²) >= 11 is 0. The van der Waals surface area contributed by atoms with Gasteiger partial charge in [0.1, 0.15) is 0 Å². The number of aliphatic carboxylic acids is 2. The highest BCUT2D eigenvalue weighted by atomic mass is 16.8. The number of unbranched alkanes of at least 4 members (excludes halogenated alkanes) is 28. The second kappa shape index (κ2) is 29.0. The molecule has 0 aromatic carbocycles. The summed E-state index contributed by atoms with van der Waals surface area (Å²) in [6.45, 7) is 4.54. The molecule has 0 aromatic rings. The van der Waals surface area contributed by atoms with Crippen molar-refractivity contribution in [2.75, 3.05) is 0 Å². The lowest BCUT2D eigenvalue weighted by molar-refractivity contribution is -0.195. The second-order valence-electron chi connectivity index (χ2n) is 14.1. The minimum Gasteiger partial charge on any atom is -0.479 e. The molecule has 0 aliphatic carbocycles. The number of carboxylic acids is 2. The fourth-order valence-electron chi connectivity index (χ4n) is 6.87. The van der Waals surface area contributed by atoms with Gasteiger partial charge < -0.3 is 19.7 Å². The number of ether oxygens (including phenoxy) is 2. The maximum Gasteiger partial charge on any atom is 0.336 e. The zero-order valence-corrected chi connectivity index (χ0v) is 29.8. The molecular weight excluding hydrogens is 564 g/mol. The summed E-state index contributed by atoms with van der Waals surface area (Å²) in [6, 6.07) is 0. The normalized spacial score (nSPS) is 17.6. The van der Waals surface area contributed by atoms with E-state index in [0.29, 0.717) is 12.8 Å². The highest BCUT2D eigenvalue weighted by Gasteiger charge is 2.53. The summed E-state index contributed by atoms with van der Waals surface area (Å²) in [5.41, 5.74) is 0. The first kappa shape index (κ1) is 41.9. The average Bonchev–Trinajstić information content (AvgIpc) is 3.42. The lowest BCUT2D eigenvalue weighted by Crippen LogP contribution is -2.36. The molecule has 0 bridgehead atoms. The second-order valence-corrected chi connectivity index (χ2v) is 14.1. The van der Waals surface area contributed by atoms with Crippen molar-refractivity contribution in [1.29, 1.82) is 0 Å². The Hall–Kier alpha value is -1.14. The van der Waals surface area contributed by atoms with Crippen molar-refractivity contribution in [3.05, 3.63) is 0 Å². The van der Waals surface area contributed by atoms with E-state index in [1.165, 1.54) is 154 Å². The molecule has 0 amide bonds. The van der Waals surface area contributed by atoms with Crippen LogP contribution in [0, 0.1) is 0 Å². The van der Waals surface area contributed by atoms with Gasteiger partial charge in [-0.25, -0.2) is 9.59 Å². The van der Waals surface area contributed by atoms with Crippen molar-refractivity contribution >= 4 is 11.9 Å². The van der Waals surface area contributed by atoms with Crippen molar-refractivity contribution in [1.82, 2.24) is 0 Å². The third-order valence-electron chi connectivity index (χ3n) is 9.77. The van der Waals surface area contributed by atoms with Gasteiger partial charge in [0.2, 0.25) is 0 Å². The third kappa shape index (κ3) is 22.1. The van der Waals surface area contributed by atoms with E-state index in [0.717, 1.165) is 38.5 Å². The third-order valence-corrected chi connectivity index (χ3v) is 9.77. The average molecular weight is 639 g/mol. The highest BCUT2D eigenvalue weighted by molar-refractivity contribution is 5.84. The minimum absolute atomic E-state index is 0.567.